The van der Waals surface area contributed by atoms with Crippen molar-refractivity contribution in [3.05, 3.63) is 29.8 Å². The van der Waals surface area contributed by atoms with Crippen molar-refractivity contribution in [2.24, 2.45) is 11.3 Å². The molecule has 130 valence electrons. The van der Waals surface area contributed by atoms with Crippen LogP contribution in [0.15, 0.2) is 24.3 Å². The topological polar surface area (TPSA) is 27.7 Å². The molecule has 1 heterocycles. The third-order valence-electron chi connectivity index (χ3n) is 5.90. The number of hydrogen-bond donors (Lipinski definition) is 0. The second-order valence-electron chi connectivity index (χ2n) is 8.74. The Labute approximate surface area is 146 Å². The number of methoxy groups -OCH3 is 1. The van der Waals surface area contributed by atoms with Gasteiger partial charge >= 0.3 is 7.12 Å². The largest absolute Gasteiger partial charge is 0.497 e. The van der Waals surface area contributed by atoms with Crippen molar-refractivity contribution in [2.75, 3.05) is 7.11 Å². The molecule has 2 fully saturated rings. The molecular weight excluding hydrogens is 299 g/mol. The Bertz CT molecular complexity index is 645. The van der Waals surface area contributed by atoms with E-state index in [1.165, 1.54) is 6.42 Å². The number of rotatable bonds is 4. The van der Waals surface area contributed by atoms with Crippen LogP contribution in [0.25, 0.3) is 6.08 Å². The zero-order valence-electron chi connectivity index (χ0n) is 16.0. The van der Waals surface area contributed by atoms with Gasteiger partial charge in [-0.1, -0.05) is 32.1 Å². The summed E-state index contributed by atoms with van der Waals surface area (Å²) in [6, 6.07) is 6.09. The van der Waals surface area contributed by atoms with Gasteiger partial charge in [-0.05, 0) is 68.6 Å². The van der Waals surface area contributed by atoms with Crippen molar-refractivity contribution < 1.29 is 14.0 Å². The molecule has 0 radical (unpaired) electrons. The van der Waals surface area contributed by atoms with Gasteiger partial charge in [-0.15, -0.1) is 0 Å². The van der Waals surface area contributed by atoms with Gasteiger partial charge in [0.25, 0.3) is 0 Å². The summed E-state index contributed by atoms with van der Waals surface area (Å²) in [4.78, 5) is 0. The molecule has 1 aliphatic heterocycles. The molecule has 1 unspecified atom stereocenters. The molecule has 4 heteroatoms. The molecule has 0 bridgehead atoms. The first kappa shape index (κ1) is 17.6. The van der Waals surface area contributed by atoms with Crippen molar-refractivity contribution in [1.29, 1.82) is 0 Å². The molecule has 1 aliphatic carbocycles. The van der Waals surface area contributed by atoms with E-state index in [4.69, 9.17) is 14.0 Å². The third kappa shape index (κ3) is 3.14. The molecule has 0 amide bonds. The summed E-state index contributed by atoms with van der Waals surface area (Å²) in [5.41, 5.74) is 1.92. The zero-order chi connectivity index (χ0) is 17.8. The number of ether oxygens (including phenoxy) is 1. The zero-order valence-corrected chi connectivity index (χ0v) is 16.0. The van der Waals surface area contributed by atoms with Crippen LogP contribution in [0.3, 0.4) is 0 Å². The van der Waals surface area contributed by atoms with Gasteiger partial charge in [0.2, 0.25) is 0 Å². The Hall–Kier alpha value is -1.26. The molecule has 0 spiro atoms. The van der Waals surface area contributed by atoms with Crippen molar-refractivity contribution in [3.8, 4) is 5.75 Å². The molecule has 0 N–H and O–H groups in total. The monoisotopic (exact) mass is 328 g/mol. The van der Waals surface area contributed by atoms with Gasteiger partial charge in [0.15, 0.2) is 0 Å². The molecule has 0 aromatic heterocycles. The van der Waals surface area contributed by atoms with Crippen LogP contribution in [0.1, 0.15) is 53.5 Å². The third-order valence-corrected chi connectivity index (χ3v) is 5.90. The highest BCUT2D eigenvalue weighted by Gasteiger charge is 2.52. The molecule has 2 aliphatic rings. The normalized spacial score (nSPS) is 26.8. The van der Waals surface area contributed by atoms with Crippen LogP contribution < -0.4 is 10.2 Å². The minimum absolute atomic E-state index is 0.336. The minimum atomic E-state index is -0.354. The van der Waals surface area contributed by atoms with Crippen LogP contribution in [0.4, 0.5) is 0 Å². The van der Waals surface area contributed by atoms with Crippen molar-refractivity contribution in [1.82, 2.24) is 0 Å². The quantitative estimate of drug-likeness (QED) is 0.780. The first-order valence-corrected chi connectivity index (χ1v) is 8.77. The SMILES string of the molecule is COc1ccc(B2OC(C)(C)C(C)(C)O2)c(/C=C/C2CC2(C)C)c1. The predicted octanol–water partition coefficient (Wildman–Crippen LogP) is 4.05. The average molecular weight is 328 g/mol. The Balaban J connectivity index is 1.91. The van der Waals surface area contributed by atoms with E-state index in [9.17, 15) is 0 Å². The van der Waals surface area contributed by atoms with Crippen molar-refractivity contribution >= 4 is 18.7 Å². The van der Waals surface area contributed by atoms with Gasteiger partial charge in [-0.3, -0.25) is 0 Å². The number of benzene rings is 1. The molecular formula is C20H29BO3. The highest BCUT2D eigenvalue weighted by atomic mass is 16.7. The lowest BCUT2D eigenvalue weighted by molar-refractivity contribution is 0.00578. The number of hydrogen-bond acceptors (Lipinski definition) is 3. The second kappa shape index (κ2) is 5.64. The lowest BCUT2D eigenvalue weighted by Gasteiger charge is -2.32. The van der Waals surface area contributed by atoms with Crippen LogP contribution in [0, 0.1) is 11.3 Å². The van der Waals surface area contributed by atoms with Crippen LogP contribution in [0.2, 0.25) is 0 Å². The Morgan fingerprint density at radius 3 is 2.17 bits per heavy atom. The van der Waals surface area contributed by atoms with E-state index in [-0.39, 0.29) is 18.3 Å². The van der Waals surface area contributed by atoms with Gasteiger partial charge < -0.3 is 14.0 Å². The molecule has 24 heavy (non-hydrogen) atoms. The van der Waals surface area contributed by atoms with E-state index < -0.39 is 0 Å². The maximum Gasteiger partial charge on any atom is 0.495 e. The standard InChI is InChI=1S/C20H29BO3/c1-18(2)13-15(18)9-8-14-12-16(22-7)10-11-17(14)21-23-19(3,4)20(5,6)24-21/h8-12,15H,13H2,1-7H3/b9-8+. The van der Waals surface area contributed by atoms with Crippen molar-refractivity contribution in [2.45, 2.75) is 59.2 Å². The van der Waals surface area contributed by atoms with E-state index in [0.29, 0.717) is 11.3 Å². The smallest absolute Gasteiger partial charge is 0.495 e. The highest BCUT2D eigenvalue weighted by molar-refractivity contribution is 6.63. The minimum Gasteiger partial charge on any atom is -0.497 e. The van der Waals surface area contributed by atoms with E-state index >= 15 is 0 Å². The Kier molecular flexibility index (Phi) is 4.13. The van der Waals surface area contributed by atoms with Crippen LogP contribution >= 0.6 is 0 Å². The predicted molar refractivity (Wildman–Crippen MR) is 99.6 cm³/mol. The Morgan fingerprint density at radius 2 is 1.67 bits per heavy atom. The molecule has 1 aromatic carbocycles. The lowest BCUT2D eigenvalue weighted by Crippen LogP contribution is -2.41. The molecule has 1 aromatic rings. The molecule has 3 nitrogen and oxygen atoms in total. The number of allylic oxidation sites excluding steroid dienone is 1. The summed E-state index contributed by atoms with van der Waals surface area (Å²) < 4.78 is 17.9. The fraction of sp³-hybridized carbons (Fsp3) is 0.600. The molecule has 1 atom stereocenters. The van der Waals surface area contributed by atoms with Gasteiger partial charge in [0.05, 0.1) is 18.3 Å². The maximum absolute atomic E-state index is 6.23. The van der Waals surface area contributed by atoms with E-state index in [2.05, 4.69) is 65.8 Å². The van der Waals surface area contributed by atoms with Crippen LogP contribution in [-0.4, -0.2) is 25.4 Å². The summed E-state index contributed by atoms with van der Waals surface area (Å²) >= 11 is 0. The Morgan fingerprint density at radius 1 is 1.08 bits per heavy atom. The first-order valence-electron chi connectivity index (χ1n) is 8.77. The molecule has 1 saturated heterocycles. The van der Waals surface area contributed by atoms with Gasteiger partial charge in [0.1, 0.15) is 5.75 Å². The van der Waals surface area contributed by atoms with Crippen molar-refractivity contribution in [3.63, 3.8) is 0 Å². The van der Waals surface area contributed by atoms with E-state index in [1.807, 2.05) is 6.07 Å². The molecule has 3 rings (SSSR count). The average Bonchev–Trinajstić information content (AvgIpc) is 3.03. The lowest BCUT2D eigenvalue weighted by atomic mass is 9.75. The second-order valence-corrected chi connectivity index (χ2v) is 8.74. The summed E-state index contributed by atoms with van der Waals surface area (Å²) in [7, 11) is 1.34. The van der Waals surface area contributed by atoms with E-state index in [1.54, 1.807) is 7.11 Å². The highest BCUT2D eigenvalue weighted by Crippen LogP contribution is 2.52. The summed E-state index contributed by atoms with van der Waals surface area (Å²) in [6.07, 6.45) is 5.76. The summed E-state index contributed by atoms with van der Waals surface area (Å²) in [5, 5.41) is 0. The van der Waals surface area contributed by atoms with Crippen LogP contribution in [-0.2, 0) is 9.31 Å². The molecule has 1 saturated carbocycles. The first-order chi connectivity index (χ1) is 11.1. The fourth-order valence-electron chi connectivity index (χ4n) is 3.07. The summed E-state index contributed by atoms with van der Waals surface area (Å²) in [5.74, 6) is 1.50. The summed E-state index contributed by atoms with van der Waals surface area (Å²) in [6.45, 7) is 12.9. The van der Waals surface area contributed by atoms with Gasteiger partial charge in [-0.2, -0.15) is 0 Å². The van der Waals surface area contributed by atoms with E-state index in [0.717, 1.165) is 16.8 Å². The maximum atomic E-state index is 6.23. The van der Waals surface area contributed by atoms with Crippen LogP contribution in [0.5, 0.6) is 5.75 Å². The van der Waals surface area contributed by atoms with Gasteiger partial charge in [0, 0.05) is 0 Å². The van der Waals surface area contributed by atoms with Gasteiger partial charge in [-0.25, -0.2) is 0 Å². The fourth-order valence-corrected chi connectivity index (χ4v) is 3.07.